The van der Waals surface area contributed by atoms with Gasteiger partial charge in [-0.05, 0) is 25.7 Å². The fourth-order valence-electron chi connectivity index (χ4n) is 3.65. The Morgan fingerprint density at radius 3 is 2.46 bits per heavy atom. The molecule has 0 atom stereocenters. The molecule has 0 bridgehead atoms. The zero-order valence-corrected chi connectivity index (χ0v) is 20.2. The molecule has 2 aliphatic heterocycles. The van der Waals surface area contributed by atoms with E-state index in [1.165, 1.54) is 11.4 Å². The number of thiazole rings is 1. The predicted octanol–water partition coefficient (Wildman–Crippen LogP) is 2.03. The maximum absolute atomic E-state index is 12.5. The Kier molecular flexibility index (Phi) is 9.93. The van der Waals surface area contributed by atoms with Crippen molar-refractivity contribution in [2.45, 2.75) is 39.2 Å². The van der Waals surface area contributed by atoms with Crippen LogP contribution in [0.4, 0.5) is 0 Å². The lowest BCUT2D eigenvalue weighted by Gasteiger charge is -2.37. The molecular formula is C19H33IN6OS. The lowest BCUT2D eigenvalue weighted by Crippen LogP contribution is -2.54. The number of likely N-dealkylation sites (tertiary alicyclic amines) is 1. The summed E-state index contributed by atoms with van der Waals surface area (Å²) in [4.78, 5) is 28.1. The summed E-state index contributed by atoms with van der Waals surface area (Å²) in [7, 11) is 1.83. The van der Waals surface area contributed by atoms with Crippen LogP contribution in [0.1, 0.15) is 36.9 Å². The number of aryl methyl sites for hydroxylation is 1. The summed E-state index contributed by atoms with van der Waals surface area (Å²) in [6.07, 6.45) is 4.55. The van der Waals surface area contributed by atoms with Crippen LogP contribution in [0.5, 0.6) is 0 Å². The molecule has 1 aromatic rings. The van der Waals surface area contributed by atoms with Crippen molar-refractivity contribution in [2.24, 2.45) is 4.99 Å². The lowest BCUT2D eigenvalue weighted by molar-refractivity contribution is -0.133. The average molecular weight is 520 g/mol. The van der Waals surface area contributed by atoms with Gasteiger partial charge < -0.3 is 15.1 Å². The van der Waals surface area contributed by atoms with E-state index in [4.69, 9.17) is 0 Å². The van der Waals surface area contributed by atoms with Crippen LogP contribution in [0.2, 0.25) is 0 Å². The summed E-state index contributed by atoms with van der Waals surface area (Å²) in [5, 5.41) is 6.72. The van der Waals surface area contributed by atoms with Gasteiger partial charge in [0.25, 0.3) is 0 Å². The maximum Gasteiger partial charge on any atom is 0.236 e. The van der Waals surface area contributed by atoms with Gasteiger partial charge in [0.1, 0.15) is 0 Å². The minimum Gasteiger partial charge on any atom is -0.351 e. The number of hydrogen-bond donors (Lipinski definition) is 1. The fourth-order valence-corrected chi connectivity index (χ4v) is 4.39. The predicted molar refractivity (Wildman–Crippen MR) is 126 cm³/mol. The number of hydrogen-bond acceptors (Lipinski definition) is 5. The molecule has 2 saturated heterocycles. The molecule has 3 rings (SSSR count). The first kappa shape index (κ1) is 23.3. The first-order valence-corrected chi connectivity index (χ1v) is 11.0. The number of carbonyl (C=O) groups is 1. The van der Waals surface area contributed by atoms with E-state index >= 15 is 0 Å². The molecule has 1 amide bonds. The van der Waals surface area contributed by atoms with Gasteiger partial charge in [0.15, 0.2) is 5.96 Å². The molecule has 7 nitrogen and oxygen atoms in total. The number of piperidine rings is 1. The Bertz CT molecular complexity index is 638. The summed E-state index contributed by atoms with van der Waals surface area (Å²) in [6.45, 7) is 8.85. The smallest absolute Gasteiger partial charge is 0.236 e. The lowest BCUT2D eigenvalue weighted by atomic mass is 10.1. The van der Waals surface area contributed by atoms with Crippen molar-refractivity contribution >= 4 is 47.2 Å². The summed E-state index contributed by atoms with van der Waals surface area (Å²) >= 11 is 1.71. The normalized spacial score (nSPS) is 18.7. The highest BCUT2D eigenvalue weighted by atomic mass is 127. The van der Waals surface area contributed by atoms with Crippen molar-refractivity contribution in [3.05, 3.63) is 16.1 Å². The Morgan fingerprint density at radius 1 is 1.14 bits per heavy atom. The van der Waals surface area contributed by atoms with Crippen LogP contribution >= 0.6 is 35.3 Å². The van der Waals surface area contributed by atoms with E-state index in [0.717, 1.165) is 70.2 Å². The number of piperazine rings is 1. The topological polar surface area (TPSA) is 64.1 Å². The molecule has 0 aromatic carbocycles. The zero-order valence-electron chi connectivity index (χ0n) is 17.0. The van der Waals surface area contributed by atoms with Crippen molar-refractivity contribution in [1.82, 2.24) is 25.0 Å². The van der Waals surface area contributed by atoms with E-state index < -0.39 is 0 Å². The Morgan fingerprint density at radius 2 is 1.86 bits per heavy atom. The van der Waals surface area contributed by atoms with Crippen molar-refractivity contribution in [1.29, 1.82) is 0 Å². The van der Waals surface area contributed by atoms with Crippen LogP contribution < -0.4 is 5.32 Å². The minimum atomic E-state index is 0. The molecule has 1 aromatic heterocycles. The third-order valence-corrected chi connectivity index (χ3v) is 6.32. The van der Waals surface area contributed by atoms with Crippen LogP contribution in [0, 0.1) is 0 Å². The molecule has 158 valence electrons. The van der Waals surface area contributed by atoms with E-state index in [2.05, 4.69) is 37.4 Å². The van der Waals surface area contributed by atoms with Gasteiger partial charge in [-0.1, -0.05) is 6.92 Å². The largest absolute Gasteiger partial charge is 0.351 e. The Balaban J connectivity index is 0.00000280. The molecule has 2 fully saturated rings. The van der Waals surface area contributed by atoms with Gasteiger partial charge in [0, 0.05) is 51.7 Å². The van der Waals surface area contributed by atoms with Gasteiger partial charge in [0.05, 0.1) is 23.8 Å². The average Bonchev–Trinajstić information content (AvgIpc) is 3.18. The molecule has 1 N–H and O–H groups in total. The SMILES string of the molecule is CCc1nc(CNC(=NC)N2CCN(CC(=O)N3CCCCC3)CC2)cs1.I. The number of carbonyl (C=O) groups excluding carboxylic acids is 1. The number of amides is 1. The van der Waals surface area contributed by atoms with Crippen molar-refractivity contribution in [2.75, 3.05) is 52.9 Å². The number of aliphatic imine (C=N–C) groups is 1. The number of guanidine groups is 1. The highest BCUT2D eigenvalue weighted by Crippen LogP contribution is 2.11. The molecule has 28 heavy (non-hydrogen) atoms. The van der Waals surface area contributed by atoms with Crippen molar-refractivity contribution < 1.29 is 4.79 Å². The summed E-state index contributed by atoms with van der Waals surface area (Å²) in [6, 6.07) is 0. The number of aromatic nitrogens is 1. The van der Waals surface area contributed by atoms with Crippen LogP contribution in [0.3, 0.4) is 0 Å². The number of nitrogens with zero attached hydrogens (tertiary/aromatic N) is 5. The highest BCUT2D eigenvalue weighted by molar-refractivity contribution is 14.0. The molecule has 0 spiro atoms. The van der Waals surface area contributed by atoms with E-state index in [-0.39, 0.29) is 24.0 Å². The van der Waals surface area contributed by atoms with Gasteiger partial charge in [-0.2, -0.15) is 0 Å². The second-order valence-corrected chi connectivity index (χ2v) is 8.13. The van der Waals surface area contributed by atoms with Crippen molar-refractivity contribution in [3.8, 4) is 0 Å². The van der Waals surface area contributed by atoms with E-state index in [1.54, 1.807) is 11.3 Å². The quantitative estimate of drug-likeness (QED) is 0.366. The second kappa shape index (κ2) is 11.9. The number of halogens is 1. The van der Waals surface area contributed by atoms with Gasteiger partial charge >= 0.3 is 0 Å². The Hall–Kier alpha value is -0.940. The van der Waals surface area contributed by atoms with E-state index in [0.29, 0.717) is 19.0 Å². The molecule has 0 saturated carbocycles. The highest BCUT2D eigenvalue weighted by Gasteiger charge is 2.24. The molecule has 2 aliphatic rings. The second-order valence-electron chi connectivity index (χ2n) is 7.19. The number of rotatable bonds is 5. The summed E-state index contributed by atoms with van der Waals surface area (Å²) < 4.78 is 0. The molecule has 0 radical (unpaired) electrons. The van der Waals surface area contributed by atoms with Crippen molar-refractivity contribution in [3.63, 3.8) is 0 Å². The maximum atomic E-state index is 12.5. The standard InChI is InChI=1S/C19H32N6OS.HI/c1-3-17-22-16(15-27-17)13-21-19(20-2)25-11-9-23(10-12-25)14-18(26)24-7-5-4-6-8-24;/h15H,3-14H2,1-2H3,(H,20,21);1H. The molecule has 9 heteroatoms. The molecule has 3 heterocycles. The zero-order chi connectivity index (χ0) is 19.1. The summed E-state index contributed by atoms with van der Waals surface area (Å²) in [5.41, 5.74) is 1.07. The Labute approximate surface area is 189 Å². The van der Waals surface area contributed by atoms with Crippen LogP contribution in [0.15, 0.2) is 10.4 Å². The fraction of sp³-hybridized carbons (Fsp3) is 0.737. The molecular weight excluding hydrogens is 487 g/mol. The minimum absolute atomic E-state index is 0. The third-order valence-electron chi connectivity index (χ3n) is 5.28. The van der Waals surface area contributed by atoms with Gasteiger partial charge in [-0.15, -0.1) is 35.3 Å². The first-order chi connectivity index (χ1) is 13.2. The van der Waals surface area contributed by atoms with Crippen LogP contribution in [-0.4, -0.2) is 84.4 Å². The number of nitrogens with one attached hydrogen (secondary N) is 1. The van der Waals surface area contributed by atoms with Crippen LogP contribution in [0.25, 0.3) is 0 Å². The van der Waals surface area contributed by atoms with E-state index in [9.17, 15) is 4.79 Å². The monoisotopic (exact) mass is 520 g/mol. The third kappa shape index (κ3) is 6.55. The van der Waals surface area contributed by atoms with Gasteiger partial charge in [-0.25, -0.2) is 4.98 Å². The molecule has 0 aliphatic carbocycles. The summed E-state index contributed by atoms with van der Waals surface area (Å²) in [5.74, 6) is 1.21. The van der Waals surface area contributed by atoms with Crippen LogP contribution in [-0.2, 0) is 17.8 Å². The van der Waals surface area contributed by atoms with Gasteiger partial charge in [-0.3, -0.25) is 14.7 Å². The van der Waals surface area contributed by atoms with E-state index in [1.807, 2.05) is 11.9 Å². The first-order valence-electron chi connectivity index (χ1n) is 10.1. The molecule has 0 unspecified atom stereocenters. The van der Waals surface area contributed by atoms with Gasteiger partial charge in [0.2, 0.25) is 5.91 Å².